The molecule has 4 aromatic rings. The number of thiazole rings is 1. The van der Waals surface area contributed by atoms with E-state index in [9.17, 15) is 9.90 Å². The van der Waals surface area contributed by atoms with Crippen LogP contribution in [0, 0.1) is 6.92 Å². The fourth-order valence-corrected chi connectivity index (χ4v) is 3.35. The first-order chi connectivity index (χ1) is 12.6. The molecule has 0 bridgehead atoms. The van der Waals surface area contributed by atoms with Crippen LogP contribution in [-0.2, 0) is 0 Å². The van der Waals surface area contributed by atoms with Crippen molar-refractivity contribution in [2.45, 2.75) is 6.92 Å². The second-order valence-corrected chi connectivity index (χ2v) is 6.48. The van der Waals surface area contributed by atoms with Gasteiger partial charge in [-0.25, -0.2) is 19.5 Å². The van der Waals surface area contributed by atoms with E-state index in [0.717, 1.165) is 5.69 Å². The number of rotatable bonds is 3. The minimum Gasteiger partial charge on any atom is -0.494 e. The largest absolute Gasteiger partial charge is 0.494 e. The van der Waals surface area contributed by atoms with Crippen molar-refractivity contribution in [2.24, 2.45) is 4.99 Å². The minimum absolute atomic E-state index is 0.204. The lowest BCUT2D eigenvalue weighted by atomic mass is 10.1. The molecule has 26 heavy (non-hydrogen) atoms. The Kier molecular flexibility index (Phi) is 4.06. The molecule has 0 aliphatic heterocycles. The summed E-state index contributed by atoms with van der Waals surface area (Å²) < 4.78 is 1.19. The fraction of sp³-hybridized carbons (Fsp3) is 0.0526. The molecule has 3 aromatic heterocycles. The Morgan fingerprint density at radius 3 is 2.62 bits per heavy atom. The predicted octanol–water partition coefficient (Wildman–Crippen LogP) is 3.61. The van der Waals surface area contributed by atoms with E-state index in [0.29, 0.717) is 27.3 Å². The fourth-order valence-electron chi connectivity index (χ4n) is 2.71. The van der Waals surface area contributed by atoms with Crippen molar-refractivity contribution < 1.29 is 5.11 Å². The number of fused-ring (bicyclic) bond motifs is 1. The lowest BCUT2D eigenvalue weighted by Gasteiger charge is -2.12. The summed E-state index contributed by atoms with van der Waals surface area (Å²) in [6, 6.07) is 12.3. The Balaban J connectivity index is 1.99. The zero-order chi connectivity index (χ0) is 18.1. The molecule has 0 unspecified atom stereocenters. The molecule has 0 fully saturated rings. The van der Waals surface area contributed by atoms with Crippen LogP contribution in [0.3, 0.4) is 0 Å². The van der Waals surface area contributed by atoms with E-state index in [1.54, 1.807) is 42.6 Å². The SMILES string of the molecule is Cc1csc(/N=C/c2c(O)n(-c3ccccn3)c(=O)c3ccccc23)n1. The van der Waals surface area contributed by atoms with Gasteiger partial charge in [-0.1, -0.05) is 24.3 Å². The first kappa shape index (κ1) is 16.2. The third-order valence-electron chi connectivity index (χ3n) is 3.89. The molecule has 0 spiro atoms. The number of aromatic nitrogens is 3. The molecule has 0 radical (unpaired) electrons. The minimum atomic E-state index is -0.334. The number of aromatic hydroxyl groups is 1. The van der Waals surface area contributed by atoms with E-state index in [2.05, 4.69) is 15.0 Å². The molecule has 1 N–H and O–H groups in total. The number of hydrogen-bond donors (Lipinski definition) is 1. The van der Waals surface area contributed by atoms with E-state index >= 15 is 0 Å². The zero-order valence-electron chi connectivity index (χ0n) is 13.8. The maximum Gasteiger partial charge on any atom is 0.267 e. The molecule has 0 aliphatic carbocycles. The van der Waals surface area contributed by atoms with Crippen molar-refractivity contribution in [1.29, 1.82) is 0 Å². The normalized spacial score (nSPS) is 11.4. The monoisotopic (exact) mass is 362 g/mol. The van der Waals surface area contributed by atoms with E-state index in [1.807, 2.05) is 18.4 Å². The van der Waals surface area contributed by atoms with Gasteiger partial charge in [0.05, 0.1) is 11.3 Å². The third-order valence-corrected chi connectivity index (χ3v) is 4.76. The van der Waals surface area contributed by atoms with Crippen LogP contribution in [0.1, 0.15) is 11.3 Å². The summed E-state index contributed by atoms with van der Waals surface area (Å²) in [6.45, 7) is 1.89. The van der Waals surface area contributed by atoms with Crippen LogP contribution in [0.5, 0.6) is 5.88 Å². The first-order valence-electron chi connectivity index (χ1n) is 7.89. The standard InChI is InChI=1S/C19H14N4O2S/c1-12-11-26-19(22-12)21-10-15-13-6-2-3-7-14(13)17(24)23(18(15)25)16-8-4-5-9-20-16/h2-11,25H,1H3/b21-10+. The number of aryl methyl sites for hydroxylation is 1. The molecule has 128 valence electrons. The third kappa shape index (κ3) is 2.78. The van der Waals surface area contributed by atoms with Crippen molar-refractivity contribution in [3.8, 4) is 11.7 Å². The highest BCUT2D eigenvalue weighted by Crippen LogP contribution is 2.26. The number of nitrogens with zero attached hydrogens (tertiary/aromatic N) is 4. The lowest BCUT2D eigenvalue weighted by molar-refractivity contribution is 0.435. The highest BCUT2D eigenvalue weighted by atomic mass is 32.1. The summed E-state index contributed by atoms with van der Waals surface area (Å²) in [4.78, 5) is 25.7. The smallest absolute Gasteiger partial charge is 0.267 e. The molecule has 3 heterocycles. The Morgan fingerprint density at radius 2 is 1.92 bits per heavy atom. The maximum absolute atomic E-state index is 12.9. The van der Waals surface area contributed by atoms with Crippen molar-refractivity contribution in [2.75, 3.05) is 0 Å². The molecule has 0 atom stereocenters. The van der Waals surface area contributed by atoms with Crippen LogP contribution in [0.15, 0.2) is 63.8 Å². The molecule has 7 heteroatoms. The molecular weight excluding hydrogens is 348 g/mol. The van der Waals surface area contributed by atoms with Gasteiger partial charge >= 0.3 is 0 Å². The number of hydrogen-bond acceptors (Lipinski definition) is 6. The van der Waals surface area contributed by atoms with E-state index in [1.165, 1.54) is 22.1 Å². The quantitative estimate of drug-likeness (QED) is 0.565. The van der Waals surface area contributed by atoms with Gasteiger partial charge in [0.15, 0.2) is 0 Å². The van der Waals surface area contributed by atoms with Gasteiger partial charge in [-0.05, 0) is 25.1 Å². The Labute approximate surface area is 152 Å². The van der Waals surface area contributed by atoms with Crippen LogP contribution in [-0.4, -0.2) is 25.9 Å². The van der Waals surface area contributed by atoms with Crippen molar-refractivity contribution in [1.82, 2.24) is 14.5 Å². The van der Waals surface area contributed by atoms with Gasteiger partial charge in [0.25, 0.3) is 5.56 Å². The Morgan fingerprint density at radius 1 is 1.15 bits per heavy atom. The van der Waals surface area contributed by atoms with Crippen LogP contribution in [0.25, 0.3) is 16.6 Å². The van der Waals surface area contributed by atoms with Gasteiger partial charge in [-0.15, -0.1) is 11.3 Å². The molecule has 1 aromatic carbocycles. The van der Waals surface area contributed by atoms with Crippen LogP contribution < -0.4 is 5.56 Å². The average molecular weight is 362 g/mol. The summed E-state index contributed by atoms with van der Waals surface area (Å²) in [6.07, 6.45) is 3.11. The molecule has 4 rings (SSSR count). The molecule has 0 amide bonds. The average Bonchev–Trinajstić information content (AvgIpc) is 3.08. The Hall–Kier alpha value is -3.32. The summed E-state index contributed by atoms with van der Waals surface area (Å²) >= 11 is 1.41. The van der Waals surface area contributed by atoms with E-state index < -0.39 is 0 Å². The topological polar surface area (TPSA) is 80.4 Å². The van der Waals surface area contributed by atoms with Crippen molar-refractivity contribution in [3.05, 3.63) is 75.7 Å². The number of pyridine rings is 2. The van der Waals surface area contributed by atoms with Gasteiger partial charge in [0.2, 0.25) is 11.0 Å². The summed E-state index contributed by atoms with van der Waals surface area (Å²) in [7, 11) is 0. The number of benzene rings is 1. The van der Waals surface area contributed by atoms with Crippen LogP contribution in [0.2, 0.25) is 0 Å². The highest BCUT2D eigenvalue weighted by Gasteiger charge is 2.16. The van der Waals surface area contributed by atoms with Crippen LogP contribution in [0.4, 0.5) is 5.13 Å². The molecule has 0 aliphatic rings. The second kappa shape index (κ2) is 6.53. The van der Waals surface area contributed by atoms with Gasteiger partial charge < -0.3 is 5.11 Å². The zero-order valence-corrected chi connectivity index (χ0v) is 14.6. The molecule has 0 saturated heterocycles. The van der Waals surface area contributed by atoms with E-state index in [4.69, 9.17) is 0 Å². The van der Waals surface area contributed by atoms with Gasteiger partial charge in [0.1, 0.15) is 5.82 Å². The number of aliphatic imine (C=N–C) groups is 1. The second-order valence-electron chi connectivity index (χ2n) is 5.64. The van der Waals surface area contributed by atoms with Gasteiger partial charge in [0, 0.05) is 28.6 Å². The lowest BCUT2D eigenvalue weighted by Crippen LogP contribution is -2.20. The van der Waals surface area contributed by atoms with Gasteiger partial charge in [-0.3, -0.25) is 4.79 Å². The van der Waals surface area contributed by atoms with E-state index in [-0.39, 0.29) is 11.4 Å². The van der Waals surface area contributed by atoms with Gasteiger partial charge in [-0.2, -0.15) is 0 Å². The van der Waals surface area contributed by atoms with Crippen molar-refractivity contribution >= 4 is 33.5 Å². The highest BCUT2D eigenvalue weighted by molar-refractivity contribution is 7.13. The maximum atomic E-state index is 12.9. The molecule has 6 nitrogen and oxygen atoms in total. The molecule has 0 saturated carbocycles. The first-order valence-corrected chi connectivity index (χ1v) is 8.77. The Bertz CT molecular complexity index is 1180. The molecular formula is C19H14N4O2S. The summed E-state index contributed by atoms with van der Waals surface area (Å²) in [5.41, 5.74) is 0.993. The summed E-state index contributed by atoms with van der Waals surface area (Å²) in [5.74, 6) is 0.143. The summed E-state index contributed by atoms with van der Waals surface area (Å²) in [5, 5.41) is 14.4. The van der Waals surface area contributed by atoms with Crippen molar-refractivity contribution in [3.63, 3.8) is 0 Å². The predicted molar refractivity (Wildman–Crippen MR) is 103 cm³/mol. The van der Waals surface area contributed by atoms with Crippen LogP contribution >= 0.6 is 11.3 Å².